The summed E-state index contributed by atoms with van der Waals surface area (Å²) in [5, 5.41) is 18.8. The van der Waals surface area contributed by atoms with Crippen molar-refractivity contribution in [1.82, 2.24) is 14.8 Å². The molecule has 3 rings (SSSR count). The van der Waals surface area contributed by atoms with Crippen LogP contribution >= 0.6 is 23.4 Å². The summed E-state index contributed by atoms with van der Waals surface area (Å²) in [5.74, 6) is 0.985. The molecule has 1 aromatic heterocycles. The van der Waals surface area contributed by atoms with Gasteiger partial charge in [-0.05, 0) is 36.4 Å². The van der Waals surface area contributed by atoms with E-state index in [4.69, 9.17) is 11.6 Å². The van der Waals surface area contributed by atoms with Crippen LogP contribution in [0.1, 0.15) is 10.4 Å². The highest BCUT2D eigenvalue weighted by Crippen LogP contribution is 2.28. The molecule has 5 nitrogen and oxygen atoms in total. The van der Waals surface area contributed by atoms with Crippen LogP contribution in [0.25, 0.3) is 11.4 Å². The van der Waals surface area contributed by atoms with E-state index in [-0.39, 0.29) is 17.3 Å². The van der Waals surface area contributed by atoms with Crippen LogP contribution in [0.3, 0.4) is 0 Å². The molecule has 24 heavy (non-hydrogen) atoms. The number of rotatable bonds is 5. The number of phenolic OH excluding ortho intramolecular Hbond substituents is 1. The molecule has 0 aliphatic carbocycles. The van der Waals surface area contributed by atoms with E-state index < -0.39 is 0 Å². The van der Waals surface area contributed by atoms with Gasteiger partial charge in [0.25, 0.3) is 0 Å². The number of hydrogen-bond acceptors (Lipinski definition) is 5. The lowest BCUT2D eigenvalue weighted by molar-refractivity contribution is 0.102. The Labute approximate surface area is 148 Å². The van der Waals surface area contributed by atoms with E-state index in [1.165, 1.54) is 23.9 Å². The highest BCUT2D eigenvalue weighted by atomic mass is 35.5. The minimum absolute atomic E-state index is 0.0395. The van der Waals surface area contributed by atoms with E-state index in [0.29, 0.717) is 21.6 Å². The maximum atomic E-state index is 12.2. The molecule has 0 unspecified atom stereocenters. The Balaban J connectivity index is 1.74. The SMILES string of the molecule is Cn1c(SCC(=O)c2ccc(O)cc2)nnc1-c1ccccc1Cl. The first-order chi connectivity index (χ1) is 11.6. The van der Waals surface area contributed by atoms with Crippen molar-refractivity contribution >= 4 is 29.1 Å². The van der Waals surface area contributed by atoms with Gasteiger partial charge in [-0.25, -0.2) is 0 Å². The molecule has 0 atom stereocenters. The summed E-state index contributed by atoms with van der Waals surface area (Å²) in [5.41, 5.74) is 1.35. The number of carbonyl (C=O) groups excluding carboxylic acids is 1. The summed E-state index contributed by atoms with van der Waals surface area (Å²) in [6.45, 7) is 0. The fourth-order valence-electron chi connectivity index (χ4n) is 2.18. The smallest absolute Gasteiger partial charge is 0.191 e. The maximum Gasteiger partial charge on any atom is 0.191 e. The van der Waals surface area contributed by atoms with E-state index in [1.54, 1.807) is 18.2 Å². The van der Waals surface area contributed by atoms with Crippen molar-refractivity contribution in [3.05, 3.63) is 59.1 Å². The Kier molecular flexibility index (Phi) is 4.87. The molecule has 7 heteroatoms. The van der Waals surface area contributed by atoms with Crippen molar-refractivity contribution in [3.63, 3.8) is 0 Å². The molecule has 122 valence electrons. The monoisotopic (exact) mass is 359 g/mol. The van der Waals surface area contributed by atoms with Gasteiger partial charge in [-0.2, -0.15) is 0 Å². The van der Waals surface area contributed by atoms with Crippen molar-refractivity contribution in [1.29, 1.82) is 0 Å². The van der Waals surface area contributed by atoms with E-state index in [0.717, 1.165) is 5.56 Å². The first-order valence-corrected chi connectivity index (χ1v) is 8.52. The molecule has 0 saturated carbocycles. The van der Waals surface area contributed by atoms with Crippen LogP contribution in [0.4, 0.5) is 0 Å². The number of hydrogen-bond donors (Lipinski definition) is 1. The van der Waals surface area contributed by atoms with Crippen molar-refractivity contribution in [2.24, 2.45) is 7.05 Å². The Morgan fingerprint density at radius 1 is 1.17 bits per heavy atom. The van der Waals surface area contributed by atoms with Crippen LogP contribution in [-0.2, 0) is 7.05 Å². The van der Waals surface area contributed by atoms with Crippen LogP contribution in [0.15, 0.2) is 53.7 Å². The number of halogens is 1. The van der Waals surface area contributed by atoms with Crippen molar-refractivity contribution in [2.45, 2.75) is 5.16 Å². The number of aromatic hydroxyl groups is 1. The second-order valence-corrected chi connectivity index (χ2v) is 6.45. The van der Waals surface area contributed by atoms with E-state index in [2.05, 4.69) is 10.2 Å². The topological polar surface area (TPSA) is 68.0 Å². The Morgan fingerprint density at radius 3 is 2.58 bits per heavy atom. The van der Waals surface area contributed by atoms with Crippen molar-refractivity contribution in [2.75, 3.05) is 5.75 Å². The largest absolute Gasteiger partial charge is 0.508 e. The minimum Gasteiger partial charge on any atom is -0.508 e. The molecule has 0 radical (unpaired) electrons. The zero-order chi connectivity index (χ0) is 17.1. The molecule has 3 aromatic rings. The number of phenols is 1. The summed E-state index contributed by atoms with van der Waals surface area (Å²) >= 11 is 7.51. The third-order valence-corrected chi connectivity index (χ3v) is 4.82. The van der Waals surface area contributed by atoms with Crippen molar-refractivity contribution in [3.8, 4) is 17.1 Å². The van der Waals surface area contributed by atoms with Crippen LogP contribution in [0.2, 0.25) is 5.02 Å². The third-order valence-electron chi connectivity index (χ3n) is 3.47. The number of thioether (sulfide) groups is 1. The van der Waals surface area contributed by atoms with Gasteiger partial charge in [0.1, 0.15) is 5.75 Å². The number of carbonyl (C=O) groups is 1. The number of ketones is 1. The number of nitrogens with zero attached hydrogens (tertiary/aromatic N) is 3. The molecule has 1 N–H and O–H groups in total. The fraction of sp³-hybridized carbons (Fsp3) is 0.118. The van der Waals surface area contributed by atoms with Crippen LogP contribution in [0.5, 0.6) is 5.75 Å². The molecule has 0 fully saturated rings. The highest BCUT2D eigenvalue weighted by molar-refractivity contribution is 7.99. The fourth-order valence-corrected chi connectivity index (χ4v) is 3.20. The van der Waals surface area contributed by atoms with Crippen LogP contribution < -0.4 is 0 Å². The molecule has 0 bridgehead atoms. The van der Waals surface area contributed by atoms with Gasteiger partial charge >= 0.3 is 0 Å². The predicted octanol–water partition coefficient (Wildman–Crippen LogP) is 3.82. The number of Topliss-reactive ketones (excluding diaryl/α,β-unsaturated/α-hetero) is 1. The summed E-state index contributed by atoms with van der Waals surface area (Å²) in [4.78, 5) is 12.2. The third kappa shape index (κ3) is 3.44. The average Bonchev–Trinajstić information content (AvgIpc) is 2.94. The molecule has 0 saturated heterocycles. The van der Waals surface area contributed by atoms with Gasteiger partial charge in [0.15, 0.2) is 16.8 Å². The Hall–Kier alpha value is -2.31. The normalized spacial score (nSPS) is 10.8. The highest BCUT2D eigenvalue weighted by Gasteiger charge is 2.15. The quantitative estimate of drug-likeness (QED) is 0.554. The van der Waals surface area contributed by atoms with E-state index in [1.807, 2.05) is 29.8 Å². The molecule has 0 spiro atoms. The lowest BCUT2D eigenvalue weighted by Gasteiger charge is -2.05. The summed E-state index contributed by atoms with van der Waals surface area (Å²) in [6.07, 6.45) is 0. The molecule has 0 aliphatic heterocycles. The molecule has 0 aliphatic rings. The Morgan fingerprint density at radius 2 is 1.88 bits per heavy atom. The second-order valence-electron chi connectivity index (χ2n) is 5.10. The zero-order valence-electron chi connectivity index (χ0n) is 12.8. The summed E-state index contributed by atoms with van der Waals surface area (Å²) in [6, 6.07) is 13.6. The van der Waals surface area contributed by atoms with Crippen LogP contribution in [0, 0.1) is 0 Å². The Bertz CT molecular complexity index is 878. The summed E-state index contributed by atoms with van der Waals surface area (Å²) in [7, 11) is 1.84. The van der Waals surface area contributed by atoms with Gasteiger partial charge < -0.3 is 9.67 Å². The first kappa shape index (κ1) is 16.5. The lowest BCUT2D eigenvalue weighted by atomic mass is 10.1. The molecule has 2 aromatic carbocycles. The maximum absolute atomic E-state index is 12.2. The molecule has 0 amide bonds. The van der Waals surface area contributed by atoms with Gasteiger partial charge in [0, 0.05) is 18.2 Å². The van der Waals surface area contributed by atoms with Gasteiger partial charge in [0.2, 0.25) is 0 Å². The van der Waals surface area contributed by atoms with E-state index >= 15 is 0 Å². The number of aromatic nitrogens is 3. The minimum atomic E-state index is -0.0395. The second kappa shape index (κ2) is 7.07. The first-order valence-electron chi connectivity index (χ1n) is 7.15. The van der Waals surface area contributed by atoms with Crippen molar-refractivity contribution < 1.29 is 9.90 Å². The van der Waals surface area contributed by atoms with Gasteiger partial charge in [-0.1, -0.05) is 35.5 Å². The number of benzene rings is 2. The molecular weight excluding hydrogens is 346 g/mol. The van der Waals surface area contributed by atoms with Gasteiger partial charge in [0.05, 0.1) is 10.8 Å². The van der Waals surface area contributed by atoms with Crippen LogP contribution in [-0.4, -0.2) is 31.4 Å². The molecule has 1 heterocycles. The predicted molar refractivity (Wildman–Crippen MR) is 94.6 cm³/mol. The summed E-state index contributed by atoms with van der Waals surface area (Å²) < 4.78 is 1.82. The molecular formula is C17H14ClN3O2S. The standard InChI is InChI=1S/C17H14ClN3O2S/c1-21-16(13-4-2-3-5-14(13)18)19-20-17(21)24-10-15(23)11-6-8-12(22)9-7-11/h2-9,22H,10H2,1H3. The average molecular weight is 360 g/mol. The van der Waals surface area contributed by atoms with Gasteiger partial charge in [-0.3, -0.25) is 4.79 Å². The van der Waals surface area contributed by atoms with Gasteiger partial charge in [-0.15, -0.1) is 10.2 Å². The lowest BCUT2D eigenvalue weighted by Crippen LogP contribution is -2.03. The van der Waals surface area contributed by atoms with E-state index in [9.17, 15) is 9.90 Å². The zero-order valence-corrected chi connectivity index (χ0v) is 14.4.